The van der Waals surface area contributed by atoms with Gasteiger partial charge in [-0.1, -0.05) is 40.2 Å². The summed E-state index contributed by atoms with van der Waals surface area (Å²) in [5.41, 5.74) is 2.58. The number of amides is 1. The van der Waals surface area contributed by atoms with E-state index in [1.54, 1.807) is 0 Å². The lowest BCUT2D eigenvalue weighted by Gasteiger charge is -2.13. The third kappa shape index (κ3) is 5.47. The Morgan fingerprint density at radius 1 is 1.29 bits per heavy atom. The van der Waals surface area contributed by atoms with Crippen molar-refractivity contribution in [2.75, 3.05) is 0 Å². The van der Waals surface area contributed by atoms with E-state index in [2.05, 4.69) is 26.5 Å². The molecule has 5 nitrogen and oxygen atoms in total. The van der Waals surface area contributed by atoms with Crippen LogP contribution in [0.5, 0.6) is 5.75 Å². The SMILES string of the molecule is CC(C)(O)C(=O)N/N=C\c1ccccc1OCc1cccc(Br)c1. The van der Waals surface area contributed by atoms with Gasteiger partial charge in [-0.05, 0) is 43.7 Å². The second kappa shape index (κ2) is 8.08. The van der Waals surface area contributed by atoms with Crippen LogP contribution in [0, 0.1) is 0 Å². The molecule has 0 bridgehead atoms. The van der Waals surface area contributed by atoms with Crippen molar-refractivity contribution in [1.29, 1.82) is 0 Å². The number of hydrazone groups is 1. The standard InChI is InChI=1S/C18H19BrN2O3/c1-18(2,23)17(22)21-20-11-14-7-3-4-9-16(14)24-12-13-6-5-8-15(19)10-13/h3-11,23H,12H2,1-2H3,(H,21,22)/b20-11-. The molecule has 0 aliphatic carbocycles. The first kappa shape index (κ1) is 18.2. The van der Waals surface area contributed by atoms with Crippen molar-refractivity contribution < 1.29 is 14.6 Å². The number of ether oxygens (including phenoxy) is 1. The van der Waals surface area contributed by atoms with Crippen molar-refractivity contribution >= 4 is 28.1 Å². The van der Waals surface area contributed by atoms with Crippen LogP contribution >= 0.6 is 15.9 Å². The van der Waals surface area contributed by atoms with E-state index in [1.165, 1.54) is 20.1 Å². The van der Waals surface area contributed by atoms with Crippen molar-refractivity contribution in [3.8, 4) is 5.75 Å². The molecule has 0 aliphatic rings. The summed E-state index contributed by atoms with van der Waals surface area (Å²) in [5.74, 6) is 0.0741. The first-order valence-corrected chi connectivity index (χ1v) is 8.18. The molecule has 0 spiro atoms. The number of halogens is 1. The fraction of sp³-hybridized carbons (Fsp3) is 0.222. The monoisotopic (exact) mass is 390 g/mol. The molecule has 0 fully saturated rings. The van der Waals surface area contributed by atoms with Gasteiger partial charge in [-0.3, -0.25) is 4.79 Å². The molecule has 2 aromatic carbocycles. The number of hydrogen-bond donors (Lipinski definition) is 2. The first-order chi connectivity index (χ1) is 11.4. The van der Waals surface area contributed by atoms with Crippen LogP contribution in [0.1, 0.15) is 25.0 Å². The first-order valence-electron chi connectivity index (χ1n) is 7.38. The zero-order chi connectivity index (χ0) is 17.6. The molecule has 0 aliphatic heterocycles. The van der Waals surface area contributed by atoms with E-state index in [-0.39, 0.29) is 0 Å². The minimum atomic E-state index is -1.48. The molecule has 0 saturated heterocycles. The number of rotatable bonds is 6. The number of aliphatic hydroxyl groups is 1. The van der Waals surface area contributed by atoms with E-state index in [0.717, 1.165) is 15.6 Å². The number of nitrogens with zero attached hydrogens (tertiary/aromatic N) is 1. The fourth-order valence-corrected chi connectivity index (χ4v) is 2.25. The van der Waals surface area contributed by atoms with Gasteiger partial charge in [0.1, 0.15) is 18.0 Å². The Bertz CT molecular complexity index is 739. The zero-order valence-electron chi connectivity index (χ0n) is 13.5. The molecule has 0 unspecified atom stereocenters. The van der Waals surface area contributed by atoms with Crippen molar-refractivity contribution in [3.63, 3.8) is 0 Å². The maximum atomic E-state index is 11.6. The quantitative estimate of drug-likeness (QED) is 0.587. The van der Waals surface area contributed by atoms with Crippen LogP contribution in [0.3, 0.4) is 0 Å². The highest BCUT2D eigenvalue weighted by Crippen LogP contribution is 2.19. The van der Waals surface area contributed by atoms with Gasteiger partial charge in [-0.2, -0.15) is 5.10 Å². The molecular formula is C18H19BrN2O3. The van der Waals surface area contributed by atoms with Gasteiger partial charge >= 0.3 is 0 Å². The normalized spacial score (nSPS) is 11.5. The number of carbonyl (C=O) groups excluding carboxylic acids is 1. The van der Waals surface area contributed by atoms with Gasteiger partial charge in [-0.15, -0.1) is 0 Å². The average molecular weight is 391 g/mol. The Morgan fingerprint density at radius 2 is 2.04 bits per heavy atom. The Hall–Kier alpha value is -2.18. The van der Waals surface area contributed by atoms with Crippen LogP contribution < -0.4 is 10.2 Å². The Kier molecular flexibility index (Phi) is 6.11. The van der Waals surface area contributed by atoms with Gasteiger partial charge in [0, 0.05) is 10.0 Å². The number of benzene rings is 2. The largest absolute Gasteiger partial charge is 0.488 e. The zero-order valence-corrected chi connectivity index (χ0v) is 15.1. The molecule has 0 aromatic heterocycles. The molecule has 0 radical (unpaired) electrons. The summed E-state index contributed by atoms with van der Waals surface area (Å²) in [6, 6.07) is 15.2. The second-order valence-electron chi connectivity index (χ2n) is 5.71. The molecule has 2 rings (SSSR count). The van der Waals surface area contributed by atoms with Crippen molar-refractivity contribution in [3.05, 3.63) is 64.1 Å². The lowest BCUT2D eigenvalue weighted by molar-refractivity contribution is -0.136. The molecule has 0 heterocycles. The third-order valence-corrected chi connectivity index (χ3v) is 3.62. The molecule has 2 N–H and O–H groups in total. The molecule has 1 amide bonds. The van der Waals surface area contributed by atoms with Crippen LogP contribution in [-0.4, -0.2) is 22.8 Å². The molecular weight excluding hydrogens is 372 g/mol. The molecule has 0 atom stereocenters. The van der Waals surface area contributed by atoms with Crippen LogP contribution in [0.2, 0.25) is 0 Å². The minimum Gasteiger partial charge on any atom is -0.488 e. The van der Waals surface area contributed by atoms with Gasteiger partial charge < -0.3 is 9.84 Å². The summed E-state index contributed by atoms with van der Waals surface area (Å²) >= 11 is 3.43. The second-order valence-corrected chi connectivity index (χ2v) is 6.63. The Morgan fingerprint density at radius 3 is 2.75 bits per heavy atom. The summed E-state index contributed by atoms with van der Waals surface area (Å²) in [7, 11) is 0. The summed E-state index contributed by atoms with van der Waals surface area (Å²) in [6.07, 6.45) is 1.49. The topological polar surface area (TPSA) is 70.9 Å². The van der Waals surface area contributed by atoms with Crippen molar-refractivity contribution in [1.82, 2.24) is 5.43 Å². The number of nitrogens with one attached hydrogen (secondary N) is 1. The van der Waals surface area contributed by atoms with Gasteiger partial charge in [0.05, 0.1) is 6.21 Å². The van der Waals surface area contributed by atoms with Gasteiger partial charge in [0.25, 0.3) is 5.91 Å². The maximum Gasteiger partial charge on any atom is 0.271 e. The predicted octanol–water partition coefficient (Wildman–Crippen LogP) is 3.25. The van der Waals surface area contributed by atoms with Crippen LogP contribution in [0.25, 0.3) is 0 Å². The predicted molar refractivity (Wildman–Crippen MR) is 97.0 cm³/mol. The highest BCUT2D eigenvalue weighted by molar-refractivity contribution is 9.10. The van der Waals surface area contributed by atoms with E-state index >= 15 is 0 Å². The van der Waals surface area contributed by atoms with Crippen LogP contribution in [-0.2, 0) is 11.4 Å². The average Bonchev–Trinajstić information content (AvgIpc) is 2.53. The lowest BCUT2D eigenvalue weighted by Crippen LogP contribution is -2.39. The highest BCUT2D eigenvalue weighted by atomic mass is 79.9. The Labute approximate surface area is 149 Å². The van der Waals surface area contributed by atoms with E-state index < -0.39 is 11.5 Å². The minimum absolute atomic E-state index is 0.417. The van der Waals surface area contributed by atoms with E-state index in [4.69, 9.17) is 4.74 Å². The lowest BCUT2D eigenvalue weighted by atomic mass is 10.1. The molecule has 2 aromatic rings. The fourth-order valence-electron chi connectivity index (χ4n) is 1.80. The smallest absolute Gasteiger partial charge is 0.271 e. The summed E-state index contributed by atoms with van der Waals surface area (Å²) < 4.78 is 6.82. The molecule has 24 heavy (non-hydrogen) atoms. The Balaban J connectivity index is 2.03. The molecule has 0 saturated carbocycles. The van der Waals surface area contributed by atoms with Crippen LogP contribution in [0.15, 0.2) is 58.1 Å². The van der Waals surface area contributed by atoms with E-state index in [1.807, 2.05) is 48.5 Å². The number of carbonyl (C=O) groups is 1. The molecule has 6 heteroatoms. The van der Waals surface area contributed by atoms with Crippen molar-refractivity contribution in [2.24, 2.45) is 5.10 Å². The van der Waals surface area contributed by atoms with Crippen molar-refractivity contribution in [2.45, 2.75) is 26.1 Å². The highest BCUT2D eigenvalue weighted by Gasteiger charge is 2.22. The maximum absolute atomic E-state index is 11.6. The summed E-state index contributed by atoms with van der Waals surface area (Å²) in [5, 5.41) is 13.4. The van der Waals surface area contributed by atoms with Gasteiger partial charge in [0.2, 0.25) is 0 Å². The summed E-state index contributed by atoms with van der Waals surface area (Å²) in [4.78, 5) is 11.6. The van der Waals surface area contributed by atoms with Gasteiger partial charge in [0.15, 0.2) is 0 Å². The van der Waals surface area contributed by atoms with Crippen LogP contribution in [0.4, 0.5) is 0 Å². The van der Waals surface area contributed by atoms with E-state index in [0.29, 0.717) is 12.4 Å². The van der Waals surface area contributed by atoms with E-state index in [9.17, 15) is 9.90 Å². The summed E-state index contributed by atoms with van der Waals surface area (Å²) in [6.45, 7) is 3.21. The number of para-hydroxylation sites is 1. The third-order valence-electron chi connectivity index (χ3n) is 3.13. The molecule has 126 valence electrons. The van der Waals surface area contributed by atoms with Gasteiger partial charge in [-0.25, -0.2) is 5.43 Å². The number of hydrogen-bond acceptors (Lipinski definition) is 4.